The SMILES string of the molecule is C=CCOc1ccc(NC(=O)OCc2ccccc2)cc1. The zero-order chi connectivity index (χ0) is 14.9. The minimum Gasteiger partial charge on any atom is -0.490 e. The van der Waals surface area contributed by atoms with E-state index in [1.54, 1.807) is 30.3 Å². The van der Waals surface area contributed by atoms with Crippen molar-refractivity contribution in [2.24, 2.45) is 0 Å². The van der Waals surface area contributed by atoms with Crippen molar-refractivity contribution in [3.63, 3.8) is 0 Å². The Morgan fingerprint density at radius 2 is 1.81 bits per heavy atom. The third kappa shape index (κ3) is 5.03. The van der Waals surface area contributed by atoms with Crippen molar-refractivity contribution in [3.8, 4) is 5.75 Å². The van der Waals surface area contributed by atoms with Crippen molar-refractivity contribution in [1.29, 1.82) is 0 Å². The molecule has 0 fully saturated rings. The van der Waals surface area contributed by atoms with Gasteiger partial charge in [0.15, 0.2) is 0 Å². The minimum atomic E-state index is -0.487. The number of hydrogen-bond acceptors (Lipinski definition) is 3. The molecule has 0 heterocycles. The van der Waals surface area contributed by atoms with Gasteiger partial charge < -0.3 is 9.47 Å². The summed E-state index contributed by atoms with van der Waals surface area (Å²) in [5.41, 5.74) is 1.60. The number of hydrogen-bond donors (Lipinski definition) is 1. The first-order valence-corrected chi connectivity index (χ1v) is 6.59. The molecule has 21 heavy (non-hydrogen) atoms. The summed E-state index contributed by atoms with van der Waals surface area (Å²) in [6.07, 6.45) is 1.19. The van der Waals surface area contributed by atoms with Crippen molar-refractivity contribution < 1.29 is 14.3 Å². The van der Waals surface area contributed by atoms with Crippen LogP contribution in [0.4, 0.5) is 10.5 Å². The summed E-state index contributed by atoms with van der Waals surface area (Å²) < 4.78 is 10.5. The van der Waals surface area contributed by atoms with Gasteiger partial charge in [0, 0.05) is 5.69 Å². The van der Waals surface area contributed by atoms with E-state index in [0.717, 1.165) is 11.3 Å². The standard InChI is InChI=1S/C17H17NO3/c1-2-12-20-16-10-8-15(9-11-16)18-17(19)21-13-14-6-4-3-5-7-14/h2-11H,1,12-13H2,(H,18,19). The smallest absolute Gasteiger partial charge is 0.411 e. The summed E-state index contributed by atoms with van der Waals surface area (Å²) >= 11 is 0. The average Bonchev–Trinajstić information content (AvgIpc) is 2.53. The van der Waals surface area contributed by atoms with Crippen LogP contribution in [0.3, 0.4) is 0 Å². The van der Waals surface area contributed by atoms with E-state index in [4.69, 9.17) is 9.47 Å². The fourth-order valence-electron chi connectivity index (χ4n) is 1.67. The molecule has 1 amide bonds. The molecule has 2 aromatic rings. The minimum absolute atomic E-state index is 0.243. The average molecular weight is 283 g/mol. The van der Waals surface area contributed by atoms with Crippen molar-refractivity contribution in [1.82, 2.24) is 0 Å². The molecule has 0 aliphatic rings. The van der Waals surface area contributed by atoms with Crippen LogP contribution < -0.4 is 10.1 Å². The van der Waals surface area contributed by atoms with Crippen LogP contribution in [0.2, 0.25) is 0 Å². The molecule has 2 rings (SSSR count). The molecule has 0 aliphatic carbocycles. The normalized spacial score (nSPS) is 9.71. The Balaban J connectivity index is 1.80. The van der Waals surface area contributed by atoms with Crippen LogP contribution in [0.1, 0.15) is 5.56 Å². The number of benzene rings is 2. The Kier molecular flexibility index (Phi) is 5.41. The summed E-state index contributed by atoms with van der Waals surface area (Å²) in [5, 5.41) is 2.66. The number of carbonyl (C=O) groups excluding carboxylic acids is 1. The Bertz CT molecular complexity index is 579. The molecule has 0 unspecified atom stereocenters. The van der Waals surface area contributed by atoms with Gasteiger partial charge in [0.05, 0.1) is 0 Å². The Morgan fingerprint density at radius 3 is 2.48 bits per heavy atom. The zero-order valence-electron chi connectivity index (χ0n) is 11.6. The van der Waals surface area contributed by atoms with Gasteiger partial charge in [-0.2, -0.15) is 0 Å². The fourth-order valence-corrected chi connectivity index (χ4v) is 1.67. The van der Waals surface area contributed by atoms with Gasteiger partial charge in [0.1, 0.15) is 19.0 Å². The third-order valence-electron chi connectivity index (χ3n) is 2.68. The van der Waals surface area contributed by atoms with Crippen LogP contribution in [0.25, 0.3) is 0 Å². The number of amides is 1. The molecule has 4 nitrogen and oxygen atoms in total. The fraction of sp³-hybridized carbons (Fsp3) is 0.118. The Labute approximate surface area is 124 Å². The predicted octanol–water partition coefficient (Wildman–Crippen LogP) is 4.00. The van der Waals surface area contributed by atoms with Crippen LogP contribution in [-0.2, 0) is 11.3 Å². The molecule has 1 N–H and O–H groups in total. The maximum Gasteiger partial charge on any atom is 0.411 e. The quantitative estimate of drug-likeness (QED) is 0.815. The molecule has 0 atom stereocenters. The third-order valence-corrected chi connectivity index (χ3v) is 2.68. The molecule has 4 heteroatoms. The van der Waals surface area contributed by atoms with Gasteiger partial charge in [-0.1, -0.05) is 43.0 Å². The van der Waals surface area contributed by atoms with Crippen molar-refractivity contribution in [3.05, 3.63) is 72.8 Å². The van der Waals surface area contributed by atoms with Crippen molar-refractivity contribution in [2.75, 3.05) is 11.9 Å². The Morgan fingerprint density at radius 1 is 1.10 bits per heavy atom. The molecular weight excluding hydrogens is 266 g/mol. The van der Waals surface area contributed by atoms with E-state index in [0.29, 0.717) is 12.3 Å². The highest BCUT2D eigenvalue weighted by Crippen LogP contribution is 2.16. The van der Waals surface area contributed by atoms with Gasteiger partial charge in [-0.05, 0) is 29.8 Å². The van der Waals surface area contributed by atoms with Gasteiger partial charge in [0.25, 0.3) is 0 Å². The topological polar surface area (TPSA) is 47.6 Å². The first-order chi connectivity index (χ1) is 10.3. The first kappa shape index (κ1) is 14.7. The second-order valence-corrected chi connectivity index (χ2v) is 4.31. The second-order valence-electron chi connectivity index (χ2n) is 4.31. The Hall–Kier alpha value is -2.75. The summed E-state index contributed by atoms with van der Waals surface area (Å²) in [4.78, 5) is 11.7. The number of rotatable bonds is 6. The highest BCUT2D eigenvalue weighted by atomic mass is 16.5. The van der Waals surface area contributed by atoms with E-state index in [-0.39, 0.29) is 6.61 Å². The molecule has 0 aromatic heterocycles. The monoisotopic (exact) mass is 283 g/mol. The first-order valence-electron chi connectivity index (χ1n) is 6.59. The van der Waals surface area contributed by atoms with E-state index in [1.165, 1.54) is 0 Å². The zero-order valence-corrected chi connectivity index (χ0v) is 11.6. The maximum absolute atomic E-state index is 11.7. The van der Waals surface area contributed by atoms with Crippen LogP contribution in [0.15, 0.2) is 67.3 Å². The van der Waals surface area contributed by atoms with E-state index in [2.05, 4.69) is 11.9 Å². The summed E-state index contributed by atoms with van der Waals surface area (Å²) in [6, 6.07) is 16.6. The van der Waals surface area contributed by atoms with E-state index in [9.17, 15) is 4.79 Å². The predicted molar refractivity (Wildman–Crippen MR) is 82.4 cm³/mol. The van der Waals surface area contributed by atoms with E-state index in [1.807, 2.05) is 30.3 Å². The second kappa shape index (κ2) is 7.75. The van der Waals surface area contributed by atoms with Gasteiger partial charge >= 0.3 is 6.09 Å². The molecule has 0 saturated carbocycles. The molecule has 2 aromatic carbocycles. The van der Waals surface area contributed by atoms with Gasteiger partial charge in [-0.3, -0.25) is 5.32 Å². The van der Waals surface area contributed by atoms with Crippen LogP contribution >= 0.6 is 0 Å². The van der Waals surface area contributed by atoms with Crippen LogP contribution in [0.5, 0.6) is 5.75 Å². The lowest BCUT2D eigenvalue weighted by atomic mass is 10.2. The lowest BCUT2D eigenvalue weighted by molar-refractivity contribution is 0.155. The number of ether oxygens (including phenoxy) is 2. The highest BCUT2D eigenvalue weighted by molar-refractivity contribution is 5.84. The molecule has 0 spiro atoms. The van der Waals surface area contributed by atoms with Gasteiger partial charge in [-0.15, -0.1) is 0 Å². The number of carbonyl (C=O) groups is 1. The summed E-state index contributed by atoms with van der Waals surface area (Å²) in [7, 11) is 0. The summed E-state index contributed by atoms with van der Waals surface area (Å²) in [6.45, 7) is 4.27. The lowest BCUT2D eigenvalue weighted by Gasteiger charge is -2.08. The molecule has 108 valence electrons. The molecular formula is C17H17NO3. The van der Waals surface area contributed by atoms with Crippen LogP contribution in [0, 0.1) is 0 Å². The van der Waals surface area contributed by atoms with E-state index >= 15 is 0 Å². The van der Waals surface area contributed by atoms with E-state index < -0.39 is 6.09 Å². The molecule has 0 radical (unpaired) electrons. The van der Waals surface area contributed by atoms with Gasteiger partial charge in [-0.25, -0.2) is 4.79 Å². The van der Waals surface area contributed by atoms with Crippen LogP contribution in [-0.4, -0.2) is 12.7 Å². The highest BCUT2D eigenvalue weighted by Gasteiger charge is 2.03. The van der Waals surface area contributed by atoms with Crippen molar-refractivity contribution >= 4 is 11.8 Å². The van der Waals surface area contributed by atoms with Crippen molar-refractivity contribution in [2.45, 2.75) is 6.61 Å². The summed E-state index contributed by atoms with van der Waals surface area (Å²) in [5.74, 6) is 0.720. The largest absolute Gasteiger partial charge is 0.490 e. The lowest BCUT2D eigenvalue weighted by Crippen LogP contribution is -2.13. The maximum atomic E-state index is 11.7. The number of anilines is 1. The molecule has 0 aliphatic heterocycles. The number of nitrogens with one attached hydrogen (secondary N) is 1. The molecule has 0 bridgehead atoms. The molecule has 0 saturated heterocycles. The van der Waals surface area contributed by atoms with Gasteiger partial charge in [0.2, 0.25) is 0 Å².